The quantitative estimate of drug-likeness (QED) is 0.274. The molecule has 0 unspecified atom stereocenters. The molecule has 10 heteroatoms. The molecule has 0 atom stereocenters. The fourth-order valence-corrected chi connectivity index (χ4v) is 7.00. The maximum absolute atomic E-state index is 12.8. The van der Waals surface area contributed by atoms with Crippen LogP contribution in [0.1, 0.15) is 44.6 Å². The fraction of sp³-hybridized carbons (Fsp3) is 0.346. The summed E-state index contributed by atoms with van der Waals surface area (Å²) in [5.41, 5.74) is 2.11. The van der Waals surface area contributed by atoms with E-state index in [9.17, 15) is 14.7 Å². The predicted octanol–water partition coefficient (Wildman–Crippen LogP) is 5.89. The van der Waals surface area contributed by atoms with Gasteiger partial charge in [-0.3, -0.25) is 9.59 Å². The Morgan fingerprint density at radius 1 is 1.14 bits per heavy atom. The number of amides is 1. The molecule has 2 aromatic heterocycles. The number of nitrogens with one attached hydrogen (secondary N) is 1. The molecule has 1 aliphatic carbocycles. The molecule has 36 heavy (non-hydrogen) atoms. The van der Waals surface area contributed by atoms with E-state index in [-0.39, 0.29) is 12.5 Å². The summed E-state index contributed by atoms with van der Waals surface area (Å²) in [4.78, 5) is 27.8. The van der Waals surface area contributed by atoms with Gasteiger partial charge in [-0.15, -0.1) is 21.5 Å². The van der Waals surface area contributed by atoms with Crippen molar-refractivity contribution in [1.29, 1.82) is 0 Å². The van der Waals surface area contributed by atoms with Gasteiger partial charge in [-0.1, -0.05) is 50.1 Å². The van der Waals surface area contributed by atoms with Crippen molar-refractivity contribution in [3.8, 4) is 21.8 Å². The number of fused-ring (bicyclic) bond motifs is 1. The molecule has 0 radical (unpaired) electrons. The van der Waals surface area contributed by atoms with Gasteiger partial charge in [0.25, 0.3) is 0 Å². The van der Waals surface area contributed by atoms with Crippen LogP contribution in [-0.4, -0.2) is 49.1 Å². The maximum Gasteiger partial charge on any atom is 0.311 e. The third-order valence-electron chi connectivity index (χ3n) is 6.98. The van der Waals surface area contributed by atoms with E-state index in [0.717, 1.165) is 49.0 Å². The molecule has 186 valence electrons. The van der Waals surface area contributed by atoms with Crippen LogP contribution >= 0.6 is 27.3 Å². The summed E-state index contributed by atoms with van der Waals surface area (Å²) in [6.45, 7) is 2.48. The highest BCUT2D eigenvalue weighted by Gasteiger charge is 2.43. The largest absolute Gasteiger partial charge is 0.481 e. The number of halogens is 1. The number of carboxylic acid groups (broad SMARTS) is 1. The van der Waals surface area contributed by atoms with Gasteiger partial charge >= 0.3 is 5.97 Å². The van der Waals surface area contributed by atoms with Crippen molar-refractivity contribution >= 4 is 49.2 Å². The molecule has 0 saturated heterocycles. The zero-order valence-corrected chi connectivity index (χ0v) is 22.2. The second-order valence-corrected chi connectivity index (χ2v) is 11.1. The Hall–Kier alpha value is -3.11. The van der Waals surface area contributed by atoms with E-state index >= 15 is 0 Å². The Kier molecular flexibility index (Phi) is 6.90. The van der Waals surface area contributed by atoms with E-state index in [2.05, 4.69) is 48.7 Å². The summed E-state index contributed by atoms with van der Waals surface area (Å²) in [7, 11) is 0. The highest BCUT2D eigenvalue weighted by molar-refractivity contribution is 9.10. The summed E-state index contributed by atoms with van der Waals surface area (Å²) in [5.74, 6) is -0.260. The van der Waals surface area contributed by atoms with Gasteiger partial charge in [0.2, 0.25) is 11.7 Å². The molecule has 4 aromatic rings. The van der Waals surface area contributed by atoms with E-state index in [4.69, 9.17) is 0 Å². The van der Waals surface area contributed by atoms with Crippen molar-refractivity contribution in [3.05, 3.63) is 52.5 Å². The lowest BCUT2D eigenvalue weighted by Gasteiger charge is -2.32. The zero-order chi connectivity index (χ0) is 25.3. The second kappa shape index (κ2) is 10.1. The smallest absolute Gasteiger partial charge is 0.311 e. The number of benzene rings is 2. The molecule has 1 aliphatic rings. The molecule has 0 spiro atoms. The molecular weight excluding hydrogens is 542 g/mol. The van der Waals surface area contributed by atoms with E-state index in [1.165, 1.54) is 0 Å². The first-order chi connectivity index (χ1) is 17.4. The molecule has 1 amide bonds. The Morgan fingerprint density at radius 2 is 1.86 bits per heavy atom. The minimum Gasteiger partial charge on any atom is -0.481 e. The molecule has 2 aromatic carbocycles. The van der Waals surface area contributed by atoms with Crippen molar-refractivity contribution in [3.63, 3.8) is 0 Å². The van der Waals surface area contributed by atoms with Crippen molar-refractivity contribution in [2.24, 2.45) is 5.41 Å². The minimum absolute atomic E-state index is 0.0191. The molecule has 0 bridgehead atoms. The van der Waals surface area contributed by atoms with Crippen LogP contribution in [0.2, 0.25) is 0 Å². The number of carbonyl (C=O) groups is 2. The van der Waals surface area contributed by atoms with Gasteiger partial charge in [0.05, 0.1) is 5.41 Å². The monoisotopic (exact) mass is 567 g/mol. The third-order valence-corrected chi connectivity index (χ3v) is 9.28. The first kappa shape index (κ1) is 24.6. The van der Waals surface area contributed by atoms with Gasteiger partial charge in [0.15, 0.2) is 0 Å². The molecule has 5 rings (SSSR count). The van der Waals surface area contributed by atoms with Crippen LogP contribution in [0.5, 0.6) is 0 Å². The van der Waals surface area contributed by atoms with Gasteiger partial charge < -0.3 is 10.0 Å². The van der Waals surface area contributed by atoms with Crippen molar-refractivity contribution in [2.45, 2.75) is 45.6 Å². The fourth-order valence-electron chi connectivity index (χ4n) is 4.99. The average molecular weight is 568 g/mol. The van der Waals surface area contributed by atoms with E-state index in [1.807, 2.05) is 37.3 Å². The van der Waals surface area contributed by atoms with Gasteiger partial charge in [-0.05, 0) is 57.2 Å². The summed E-state index contributed by atoms with van der Waals surface area (Å²) >= 11 is 5.49. The van der Waals surface area contributed by atoms with Crippen LogP contribution in [0.4, 0.5) is 0 Å². The number of H-pyrrole nitrogens is 1. The number of carbonyl (C=O) groups excluding carboxylic acids is 1. The maximum atomic E-state index is 12.8. The number of carboxylic acids is 1. The molecule has 8 nitrogen and oxygen atoms in total. The third kappa shape index (κ3) is 4.67. The predicted molar refractivity (Wildman–Crippen MR) is 142 cm³/mol. The number of hydrogen-bond acceptors (Lipinski definition) is 6. The molecule has 2 N–H and O–H groups in total. The number of aromatic nitrogens is 4. The van der Waals surface area contributed by atoms with Crippen LogP contribution in [-0.2, 0) is 16.1 Å². The molecule has 1 fully saturated rings. The Labute approximate surface area is 220 Å². The molecular formula is C26H26BrN5O3S. The number of hydrogen-bond donors (Lipinski definition) is 2. The second-order valence-electron chi connectivity index (χ2n) is 9.28. The Balaban J connectivity index is 1.42. The van der Waals surface area contributed by atoms with E-state index < -0.39 is 11.4 Å². The lowest BCUT2D eigenvalue weighted by molar-refractivity contribution is -0.151. The van der Waals surface area contributed by atoms with Crippen LogP contribution in [0.25, 0.3) is 31.9 Å². The highest BCUT2D eigenvalue weighted by Crippen LogP contribution is 2.43. The summed E-state index contributed by atoms with van der Waals surface area (Å²) < 4.78 is 2.14. The molecule has 1 saturated carbocycles. The Bertz CT molecular complexity index is 1400. The summed E-state index contributed by atoms with van der Waals surface area (Å²) in [5, 5.41) is 25.1. The first-order valence-electron chi connectivity index (χ1n) is 12.0. The lowest BCUT2D eigenvalue weighted by Crippen LogP contribution is -2.43. The van der Waals surface area contributed by atoms with Crippen molar-refractivity contribution in [1.82, 2.24) is 25.5 Å². The number of aliphatic carboxylic acids is 1. The van der Waals surface area contributed by atoms with Crippen molar-refractivity contribution in [2.75, 3.05) is 6.54 Å². The standard InChI is InChI=1S/C26H26BrN5O3S/c1-2-21(33)32(15-26(25(34)35)11-3-4-12-26)14-16-5-10-20-19(13-16)22(27)23(36-20)17-6-8-18(9-7-17)24-28-30-31-29-24/h5-10,13H,2-4,11-12,14-15H2,1H3,(H,34,35)(H,28,29,30,31). The van der Waals surface area contributed by atoms with Crippen LogP contribution in [0, 0.1) is 5.41 Å². The van der Waals surface area contributed by atoms with Gasteiger partial charge in [0.1, 0.15) is 0 Å². The van der Waals surface area contributed by atoms with E-state index in [1.54, 1.807) is 16.2 Å². The summed E-state index contributed by atoms with van der Waals surface area (Å²) in [6, 6.07) is 14.2. The van der Waals surface area contributed by atoms with Gasteiger partial charge in [0, 0.05) is 44.5 Å². The molecule has 2 heterocycles. The van der Waals surface area contributed by atoms with Crippen LogP contribution < -0.4 is 0 Å². The SMILES string of the molecule is CCC(=O)N(Cc1ccc2sc(-c3ccc(-c4nn[nH]n4)cc3)c(Br)c2c1)CC1(C(=O)O)CCCC1. The molecule has 0 aliphatic heterocycles. The summed E-state index contributed by atoms with van der Waals surface area (Å²) in [6.07, 6.45) is 3.39. The number of nitrogens with zero attached hydrogens (tertiary/aromatic N) is 4. The lowest BCUT2D eigenvalue weighted by atomic mass is 9.85. The topological polar surface area (TPSA) is 112 Å². The number of aromatic amines is 1. The van der Waals surface area contributed by atoms with Crippen LogP contribution in [0.3, 0.4) is 0 Å². The van der Waals surface area contributed by atoms with Gasteiger partial charge in [-0.25, -0.2) is 0 Å². The normalized spacial score (nSPS) is 14.8. The average Bonchev–Trinajstić information content (AvgIpc) is 3.65. The number of thiophene rings is 1. The zero-order valence-electron chi connectivity index (χ0n) is 19.8. The minimum atomic E-state index is -0.835. The van der Waals surface area contributed by atoms with E-state index in [0.29, 0.717) is 31.6 Å². The van der Waals surface area contributed by atoms with Crippen LogP contribution in [0.15, 0.2) is 46.9 Å². The highest BCUT2D eigenvalue weighted by atomic mass is 79.9. The van der Waals surface area contributed by atoms with Gasteiger partial charge in [-0.2, -0.15) is 5.21 Å². The number of tetrazole rings is 1. The number of rotatable bonds is 8. The Morgan fingerprint density at radius 3 is 2.50 bits per heavy atom. The van der Waals surface area contributed by atoms with Crippen molar-refractivity contribution < 1.29 is 14.7 Å². The first-order valence-corrected chi connectivity index (χ1v) is 13.6.